The number of ether oxygens (including phenoxy) is 1. The van der Waals surface area contributed by atoms with Gasteiger partial charge in [-0.3, -0.25) is 14.6 Å². The number of hydrogen-bond acceptors (Lipinski definition) is 5. The first-order chi connectivity index (χ1) is 8.76. The highest BCUT2D eigenvalue weighted by Gasteiger charge is 2.18. The molecule has 1 amide bonds. The lowest BCUT2D eigenvalue weighted by Gasteiger charge is -2.32. The fourth-order valence-electron chi connectivity index (χ4n) is 1.91. The Kier molecular flexibility index (Phi) is 7.34. The number of rotatable bonds is 7. The van der Waals surface area contributed by atoms with E-state index in [1.165, 1.54) is 0 Å². The van der Waals surface area contributed by atoms with Crippen molar-refractivity contribution in [1.82, 2.24) is 15.1 Å². The summed E-state index contributed by atoms with van der Waals surface area (Å²) in [6.07, 6.45) is 0.845. The molecular formula is C12H22N4O2. The topological polar surface area (TPSA) is 68.6 Å². The molecule has 0 unspecified atom stereocenters. The molecule has 0 atom stereocenters. The average molecular weight is 254 g/mol. The van der Waals surface area contributed by atoms with Crippen molar-refractivity contribution in [2.45, 2.75) is 6.42 Å². The van der Waals surface area contributed by atoms with Crippen molar-refractivity contribution in [1.29, 1.82) is 5.26 Å². The van der Waals surface area contributed by atoms with Crippen molar-refractivity contribution in [3.05, 3.63) is 0 Å². The Labute approximate surface area is 108 Å². The van der Waals surface area contributed by atoms with Gasteiger partial charge in [0.15, 0.2) is 0 Å². The normalized spacial score (nSPS) is 17.3. The number of carbonyl (C=O) groups is 1. The minimum atomic E-state index is 0.0693. The van der Waals surface area contributed by atoms with Crippen LogP contribution in [0.1, 0.15) is 6.42 Å². The van der Waals surface area contributed by atoms with E-state index in [1.54, 1.807) is 7.11 Å². The molecule has 102 valence electrons. The summed E-state index contributed by atoms with van der Waals surface area (Å²) in [5.41, 5.74) is 0. The highest BCUT2D eigenvalue weighted by molar-refractivity contribution is 5.77. The third-order valence-electron chi connectivity index (χ3n) is 2.97. The molecule has 1 N–H and O–H groups in total. The first-order valence-electron chi connectivity index (χ1n) is 6.33. The minimum Gasteiger partial charge on any atom is -0.385 e. The highest BCUT2D eigenvalue weighted by atomic mass is 16.5. The molecule has 0 radical (unpaired) electrons. The number of hydrogen-bond donors (Lipinski definition) is 1. The lowest BCUT2D eigenvalue weighted by Crippen LogP contribution is -2.49. The van der Waals surface area contributed by atoms with Crippen molar-refractivity contribution in [2.75, 3.05) is 59.5 Å². The average Bonchev–Trinajstić information content (AvgIpc) is 2.37. The van der Waals surface area contributed by atoms with E-state index in [0.717, 1.165) is 32.6 Å². The van der Waals surface area contributed by atoms with Gasteiger partial charge in [-0.2, -0.15) is 5.26 Å². The van der Waals surface area contributed by atoms with Crippen molar-refractivity contribution in [2.24, 2.45) is 0 Å². The van der Waals surface area contributed by atoms with Gasteiger partial charge >= 0.3 is 0 Å². The molecule has 1 aliphatic heterocycles. The van der Waals surface area contributed by atoms with Crippen LogP contribution in [0, 0.1) is 11.3 Å². The molecule has 6 nitrogen and oxygen atoms in total. The fraction of sp³-hybridized carbons (Fsp3) is 0.833. The molecule has 0 saturated carbocycles. The first-order valence-corrected chi connectivity index (χ1v) is 6.33. The molecule has 0 aliphatic carbocycles. The van der Waals surface area contributed by atoms with Crippen LogP contribution in [0.25, 0.3) is 0 Å². The second-order valence-corrected chi connectivity index (χ2v) is 4.41. The Hall–Kier alpha value is -1.16. The van der Waals surface area contributed by atoms with Crippen molar-refractivity contribution < 1.29 is 9.53 Å². The number of nitrogens with zero attached hydrogens (tertiary/aromatic N) is 3. The molecule has 18 heavy (non-hydrogen) atoms. The predicted molar refractivity (Wildman–Crippen MR) is 68.0 cm³/mol. The standard InChI is InChI=1S/C12H22N4O2/c1-18-10-2-4-14-12(17)11-16-8-6-15(5-3-13)7-9-16/h2,4-11H2,1H3,(H,14,17). The van der Waals surface area contributed by atoms with Gasteiger partial charge < -0.3 is 10.1 Å². The van der Waals surface area contributed by atoms with Crippen LogP contribution in [0.15, 0.2) is 0 Å². The molecule has 0 aromatic carbocycles. The summed E-state index contributed by atoms with van der Waals surface area (Å²) < 4.78 is 4.91. The van der Waals surface area contributed by atoms with Gasteiger partial charge in [0, 0.05) is 46.4 Å². The van der Waals surface area contributed by atoms with Crippen LogP contribution in [0.2, 0.25) is 0 Å². The number of methoxy groups -OCH3 is 1. The van der Waals surface area contributed by atoms with Gasteiger partial charge in [-0.1, -0.05) is 0 Å². The maximum Gasteiger partial charge on any atom is 0.234 e. The maximum atomic E-state index is 11.6. The summed E-state index contributed by atoms with van der Waals surface area (Å²) >= 11 is 0. The third-order valence-corrected chi connectivity index (χ3v) is 2.97. The highest BCUT2D eigenvalue weighted by Crippen LogP contribution is 2.00. The van der Waals surface area contributed by atoms with Crippen LogP contribution in [0.3, 0.4) is 0 Å². The maximum absolute atomic E-state index is 11.6. The van der Waals surface area contributed by atoms with E-state index >= 15 is 0 Å². The Balaban J connectivity index is 2.09. The number of carbonyl (C=O) groups excluding carboxylic acids is 1. The van der Waals surface area contributed by atoms with E-state index < -0.39 is 0 Å². The Morgan fingerprint density at radius 1 is 1.33 bits per heavy atom. The van der Waals surface area contributed by atoms with E-state index in [2.05, 4.69) is 21.2 Å². The Morgan fingerprint density at radius 2 is 2.00 bits per heavy atom. The van der Waals surface area contributed by atoms with Crippen LogP contribution in [-0.4, -0.2) is 75.2 Å². The summed E-state index contributed by atoms with van der Waals surface area (Å²) in [5.74, 6) is 0.0693. The molecule has 0 aromatic rings. The van der Waals surface area contributed by atoms with Crippen molar-refractivity contribution >= 4 is 5.91 Å². The smallest absolute Gasteiger partial charge is 0.234 e. The predicted octanol–water partition coefficient (Wildman–Crippen LogP) is -0.720. The Morgan fingerprint density at radius 3 is 2.61 bits per heavy atom. The van der Waals surface area contributed by atoms with Gasteiger partial charge in [0.25, 0.3) is 0 Å². The lowest BCUT2D eigenvalue weighted by atomic mass is 10.3. The van der Waals surface area contributed by atoms with Gasteiger partial charge in [-0.05, 0) is 6.42 Å². The molecule has 0 spiro atoms. The van der Waals surface area contributed by atoms with Gasteiger partial charge in [-0.25, -0.2) is 0 Å². The second-order valence-electron chi connectivity index (χ2n) is 4.41. The Bertz CT molecular complexity index is 282. The van der Waals surface area contributed by atoms with Crippen LogP contribution in [-0.2, 0) is 9.53 Å². The van der Waals surface area contributed by atoms with Gasteiger partial charge in [0.05, 0.1) is 19.2 Å². The van der Waals surface area contributed by atoms with E-state index in [4.69, 9.17) is 10.00 Å². The number of nitriles is 1. The second kappa shape index (κ2) is 8.86. The first kappa shape index (κ1) is 14.9. The molecule has 1 fully saturated rings. The molecule has 1 saturated heterocycles. The minimum absolute atomic E-state index is 0.0693. The van der Waals surface area contributed by atoms with Crippen LogP contribution in [0.4, 0.5) is 0 Å². The number of nitrogens with one attached hydrogen (secondary N) is 1. The molecule has 1 aliphatic rings. The monoisotopic (exact) mass is 254 g/mol. The van der Waals surface area contributed by atoms with E-state index in [9.17, 15) is 4.79 Å². The molecular weight excluding hydrogens is 232 g/mol. The van der Waals surface area contributed by atoms with E-state index in [0.29, 0.717) is 26.2 Å². The molecule has 6 heteroatoms. The van der Waals surface area contributed by atoms with Gasteiger partial charge in [0.1, 0.15) is 0 Å². The number of piperazine rings is 1. The fourth-order valence-corrected chi connectivity index (χ4v) is 1.91. The lowest BCUT2D eigenvalue weighted by molar-refractivity contribution is -0.122. The van der Waals surface area contributed by atoms with Gasteiger partial charge in [-0.15, -0.1) is 0 Å². The molecule has 1 rings (SSSR count). The zero-order valence-electron chi connectivity index (χ0n) is 11.0. The zero-order valence-corrected chi connectivity index (χ0v) is 11.0. The summed E-state index contributed by atoms with van der Waals surface area (Å²) in [6, 6.07) is 2.15. The van der Waals surface area contributed by atoms with Gasteiger partial charge in [0.2, 0.25) is 5.91 Å². The quantitative estimate of drug-likeness (QED) is 0.480. The molecule has 1 heterocycles. The number of amides is 1. The van der Waals surface area contributed by atoms with E-state index in [-0.39, 0.29) is 5.91 Å². The van der Waals surface area contributed by atoms with Crippen LogP contribution >= 0.6 is 0 Å². The largest absolute Gasteiger partial charge is 0.385 e. The summed E-state index contributed by atoms with van der Waals surface area (Å²) in [5, 5.41) is 11.5. The molecule has 0 aromatic heterocycles. The van der Waals surface area contributed by atoms with Crippen LogP contribution in [0.5, 0.6) is 0 Å². The SMILES string of the molecule is COCCCNC(=O)CN1CCN(CC#N)CC1. The summed E-state index contributed by atoms with van der Waals surface area (Å²) in [4.78, 5) is 15.9. The summed E-state index contributed by atoms with van der Waals surface area (Å²) in [7, 11) is 1.66. The van der Waals surface area contributed by atoms with E-state index in [1.807, 2.05) is 0 Å². The van der Waals surface area contributed by atoms with Crippen LogP contribution < -0.4 is 5.32 Å². The molecule has 0 bridgehead atoms. The van der Waals surface area contributed by atoms with Crippen molar-refractivity contribution in [3.63, 3.8) is 0 Å². The zero-order chi connectivity index (χ0) is 13.2. The third kappa shape index (κ3) is 5.96. The summed E-state index contributed by atoms with van der Waals surface area (Å²) in [6.45, 7) is 5.72. The van der Waals surface area contributed by atoms with Crippen molar-refractivity contribution in [3.8, 4) is 6.07 Å².